The van der Waals surface area contributed by atoms with Crippen LogP contribution in [0.4, 0.5) is 29.2 Å². The topological polar surface area (TPSA) is 98.0 Å². The lowest BCUT2D eigenvalue weighted by Crippen LogP contribution is -2.20. The predicted molar refractivity (Wildman–Crippen MR) is 68.0 cm³/mol. The molecule has 7 nitrogen and oxygen atoms in total. The highest BCUT2D eigenvalue weighted by molar-refractivity contribution is 6.04. The van der Waals surface area contributed by atoms with E-state index in [2.05, 4.69) is 9.97 Å². The normalized spacial score (nSPS) is 11.1. The fraction of sp³-hybridized carbons (Fsp3) is 0.0833. The number of rotatable bonds is 3. The number of aromatic nitrogens is 2. The average molecular weight is 330 g/mol. The van der Waals surface area contributed by atoms with Crippen LogP contribution < -0.4 is 5.32 Å². The number of nitrogens with one attached hydrogen (secondary N) is 1. The molecule has 0 spiro atoms. The Morgan fingerprint density at radius 2 is 1.83 bits per heavy atom. The summed E-state index contributed by atoms with van der Waals surface area (Å²) in [6, 6.07) is 1.55. The van der Waals surface area contributed by atoms with Crippen LogP contribution in [0, 0.1) is 15.9 Å². The number of anilines is 1. The maximum absolute atomic E-state index is 13.0. The van der Waals surface area contributed by atoms with E-state index in [-0.39, 0.29) is 6.07 Å². The number of benzene rings is 1. The number of halogens is 4. The lowest BCUT2D eigenvalue weighted by atomic mass is 10.1. The molecule has 0 unspecified atom stereocenters. The number of hydrogen-bond acceptors (Lipinski definition) is 5. The Hall–Kier alpha value is -3.11. The fourth-order valence-electron chi connectivity index (χ4n) is 1.60. The van der Waals surface area contributed by atoms with Crippen molar-refractivity contribution in [3.05, 3.63) is 57.7 Å². The zero-order chi connectivity index (χ0) is 17.2. The van der Waals surface area contributed by atoms with Crippen LogP contribution in [0.25, 0.3) is 0 Å². The van der Waals surface area contributed by atoms with Crippen molar-refractivity contribution in [3.63, 3.8) is 0 Å². The largest absolute Gasteiger partial charge is 0.417 e. The molecule has 0 saturated carbocycles. The van der Waals surface area contributed by atoms with Gasteiger partial charge in [0, 0.05) is 0 Å². The number of nitrogens with zero attached hydrogens (tertiary/aromatic N) is 3. The van der Waals surface area contributed by atoms with Gasteiger partial charge in [-0.1, -0.05) is 0 Å². The van der Waals surface area contributed by atoms with Gasteiger partial charge >= 0.3 is 11.9 Å². The maximum Gasteiger partial charge on any atom is 0.417 e. The Morgan fingerprint density at radius 3 is 2.35 bits per heavy atom. The molecule has 1 aromatic carbocycles. The first-order valence-electron chi connectivity index (χ1n) is 5.83. The molecule has 1 aromatic heterocycles. The summed E-state index contributed by atoms with van der Waals surface area (Å²) < 4.78 is 51.4. The van der Waals surface area contributed by atoms with Crippen LogP contribution in [0.1, 0.15) is 15.9 Å². The van der Waals surface area contributed by atoms with Gasteiger partial charge in [-0.2, -0.15) is 13.2 Å². The standard InChI is InChI=1S/C12H6F4N4O3/c13-6-1-2-8(9(3-6)12(14,15)16)10(21)19-11-17-4-7(5-18-11)20(22)23/h1-5H,(H,17,18,19,21). The monoisotopic (exact) mass is 330 g/mol. The molecule has 0 bridgehead atoms. The molecule has 2 rings (SSSR count). The summed E-state index contributed by atoms with van der Waals surface area (Å²) in [6.07, 6.45) is -3.39. The first-order valence-corrected chi connectivity index (χ1v) is 5.83. The van der Waals surface area contributed by atoms with Gasteiger partial charge in [0.1, 0.15) is 18.2 Å². The highest BCUT2D eigenvalue weighted by Gasteiger charge is 2.35. The third kappa shape index (κ3) is 3.75. The molecular formula is C12H6F4N4O3. The lowest BCUT2D eigenvalue weighted by Gasteiger charge is -2.12. The fourth-order valence-corrected chi connectivity index (χ4v) is 1.60. The summed E-state index contributed by atoms with van der Waals surface area (Å²) in [7, 11) is 0. The van der Waals surface area contributed by atoms with Crippen molar-refractivity contribution in [1.82, 2.24) is 9.97 Å². The SMILES string of the molecule is O=C(Nc1ncc([N+](=O)[O-])cn1)c1ccc(F)cc1C(F)(F)F. The van der Waals surface area contributed by atoms with Crippen molar-refractivity contribution in [2.75, 3.05) is 5.32 Å². The van der Waals surface area contributed by atoms with Crippen LogP contribution in [0.5, 0.6) is 0 Å². The first kappa shape index (κ1) is 16.3. The van der Waals surface area contributed by atoms with Crippen LogP contribution in [-0.2, 0) is 6.18 Å². The molecule has 11 heteroatoms. The maximum atomic E-state index is 13.0. The van der Waals surface area contributed by atoms with Gasteiger partial charge in [-0.05, 0) is 18.2 Å². The molecular weight excluding hydrogens is 324 g/mol. The van der Waals surface area contributed by atoms with E-state index in [0.717, 1.165) is 12.4 Å². The molecule has 0 saturated heterocycles. The molecule has 0 aliphatic rings. The number of amides is 1. The molecule has 23 heavy (non-hydrogen) atoms. The molecule has 1 heterocycles. The Balaban J connectivity index is 2.29. The second-order valence-corrected chi connectivity index (χ2v) is 4.16. The smallest absolute Gasteiger partial charge is 0.290 e. The highest BCUT2D eigenvalue weighted by Crippen LogP contribution is 2.32. The molecule has 0 atom stereocenters. The molecule has 0 aliphatic heterocycles. The minimum Gasteiger partial charge on any atom is -0.290 e. The van der Waals surface area contributed by atoms with Crippen LogP contribution in [0.3, 0.4) is 0 Å². The third-order valence-corrected chi connectivity index (χ3v) is 2.61. The number of carbonyl (C=O) groups is 1. The van der Waals surface area contributed by atoms with Crippen molar-refractivity contribution >= 4 is 17.5 Å². The number of carbonyl (C=O) groups excluding carboxylic acids is 1. The van der Waals surface area contributed by atoms with Gasteiger partial charge in [0.05, 0.1) is 16.1 Å². The Bertz CT molecular complexity index is 762. The van der Waals surface area contributed by atoms with Crippen molar-refractivity contribution in [3.8, 4) is 0 Å². The van der Waals surface area contributed by atoms with E-state index in [0.29, 0.717) is 12.1 Å². The van der Waals surface area contributed by atoms with Crippen molar-refractivity contribution in [1.29, 1.82) is 0 Å². The zero-order valence-electron chi connectivity index (χ0n) is 11.0. The number of alkyl halides is 3. The minimum atomic E-state index is -4.94. The summed E-state index contributed by atoms with van der Waals surface area (Å²) in [4.78, 5) is 28.4. The molecule has 0 fully saturated rings. The number of nitro groups is 1. The van der Waals surface area contributed by atoms with E-state index in [4.69, 9.17) is 0 Å². The van der Waals surface area contributed by atoms with Gasteiger partial charge < -0.3 is 0 Å². The summed E-state index contributed by atoms with van der Waals surface area (Å²) in [6.45, 7) is 0. The second kappa shape index (κ2) is 5.94. The van der Waals surface area contributed by atoms with E-state index >= 15 is 0 Å². The molecule has 1 amide bonds. The average Bonchev–Trinajstić information content (AvgIpc) is 2.46. The van der Waals surface area contributed by atoms with Crippen LogP contribution in [-0.4, -0.2) is 20.8 Å². The Kier molecular flexibility index (Phi) is 4.20. The van der Waals surface area contributed by atoms with Gasteiger partial charge in [-0.15, -0.1) is 0 Å². The highest BCUT2D eigenvalue weighted by atomic mass is 19.4. The number of hydrogen-bond donors (Lipinski definition) is 1. The predicted octanol–water partition coefficient (Wildman–Crippen LogP) is 2.80. The summed E-state index contributed by atoms with van der Waals surface area (Å²) in [5.74, 6) is -2.82. The van der Waals surface area contributed by atoms with Crippen molar-refractivity contribution < 1.29 is 27.3 Å². The molecule has 2 aromatic rings. The Labute approximate surface area is 125 Å². The summed E-state index contributed by atoms with van der Waals surface area (Å²) >= 11 is 0. The molecule has 1 N–H and O–H groups in total. The van der Waals surface area contributed by atoms with Gasteiger partial charge in [0.15, 0.2) is 0 Å². The third-order valence-electron chi connectivity index (χ3n) is 2.61. The molecule has 0 radical (unpaired) electrons. The summed E-state index contributed by atoms with van der Waals surface area (Å²) in [5, 5.41) is 12.4. The lowest BCUT2D eigenvalue weighted by molar-refractivity contribution is -0.385. The van der Waals surface area contributed by atoms with Crippen LogP contribution >= 0.6 is 0 Å². The van der Waals surface area contributed by atoms with E-state index in [1.807, 2.05) is 5.32 Å². The van der Waals surface area contributed by atoms with E-state index in [1.54, 1.807) is 0 Å². The van der Waals surface area contributed by atoms with Crippen LogP contribution in [0.2, 0.25) is 0 Å². The van der Waals surface area contributed by atoms with Crippen LogP contribution in [0.15, 0.2) is 30.6 Å². The van der Waals surface area contributed by atoms with E-state index < -0.39 is 45.6 Å². The van der Waals surface area contributed by atoms with Gasteiger partial charge in [0.2, 0.25) is 5.95 Å². The minimum absolute atomic E-state index is 0.186. The van der Waals surface area contributed by atoms with Gasteiger partial charge in [0.25, 0.3) is 5.91 Å². The first-order chi connectivity index (χ1) is 10.7. The van der Waals surface area contributed by atoms with Gasteiger partial charge in [-0.25, -0.2) is 14.4 Å². The van der Waals surface area contributed by atoms with Crippen molar-refractivity contribution in [2.45, 2.75) is 6.18 Å². The van der Waals surface area contributed by atoms with E-state index in [9.17, 15) is 32.5 Å². The zero-order valence-corrected chi connectivity index (χ0v) is 11.0. The molecule has 0 aliphatic carbocycles. The summed E-state index contributed by atoms with van der Waals surface area (Å²) in [5.41, 5.74) is -2.75. The van der Waals surface area contributed by atoms with Crippen molar-refractivity contribution in [2.24, 2.45) is 0 Å². The second-order valence-electron chi connectivity index (χ2n) is 4.16. The Morgan fingerprint density at radius 1 is 1.22 bits per heavy atom. The quantitative estimate of drug-likeness (QED) is 0.530. The van der Waals surface area contributed by atoms with E-state index in [1.165, 1.54) is 0 Å². The van der Waals surface area contributed by atoms with Gasteiger partial charge in [-0.3, -0.25) is 20.2 Å². The molecule has 120 valence electrons.